The molecule has 0 amide bonds. The highest BCUT2D eigenvalue weighted by Crippen LogP contribution is 2.33. The molecule has 0 aliphatic carbocycles. The van der Waals surface area contributed by atoms with Gasteiger partial charge in [-0.15, -0.1) is 0 Å². The van der Waals surface area contributed by atoms with Gasteiger partial charge in [-0.2, -0.15) is 0 Å². The first-order chi connectivity index (χ1) is 9.43. The van der Waals surface area contributed by atoms with Crippen LogP contribution in [0, 0.1) is 20.8 Å². The molecule has 2 rings (SSSR count). The maximum absolute atomic E-state index is 3.67. The number of hydrogen-bond acceptors (Lipinski definition) is 1. The Kier molecular flexibility index (Phi) is 5.05. The van der Waals surface area contributed by atoms with Crippen LogP contribution < -0.4 is 5.32 Å². The van der Waals surface area contributed by atoms with Crippen LogP contribution >= 0.6 is 31.9 Å². The summed E-state index contributed by atoms with van der Waals surface area (Å²) in [6.07, 6.45) is 0. The Hall–Kier alpha value is -0.640. The molecule has 1 atom stereocenters. The average molecular weight is 397 g/mol. The molecule has 20 heavy (non-hydrogen) atoms. The van der Waals surface area contributed by atoms with E-state index in [4.69, 9.17) is 0 Å². The minimum atomic E-state index is 0.191. The van der Waals surface area contributed by atoms with Crippen LogP contribution in [0.4, 0.5) is 0 Å². The molecule has 0 spiro atoms. The Labute approximate surface area is 138 Å². The lowest BCUT2D eigenvalue weighted by atomic mass is 9.92. The Morgan fingerprint density at radius 1 is 0.850 bits per heavy atom. The van der Waals surface area contributed by atoms with Crippen LogP contribution in [0.15, 0.2) is 39.3 Å². The zero-order chi connectivity index (χ0) is 14.9. The zero-order valence-electron chi connectivity index (χ0n) is 12.2. The first kappa shape index (κ1) is 15.7. The van der Waals surface area contributed by atoms with Gasteiger partial charge in [0, 0.05) is 8.95 Å². The van der Waals surface area contributed by atoms with E-state index in [2.05, 4.69) is 88.3 Å². The molecule has 2 aromatic rings. The van der Waals surface area contributed by atoms with Crippen molar-refractivity contribution in [3.8, 4) is 0 Å². The lowest BCUT2D eigenvalue weighted by molar-refractivity contribution is 0.683. The number of rotatable bonds is 3. The van der Waals surface area contributed by atoms with Crippen molar-refractivity contribution in [1.82, 2.24) is 5.32 Å². The molecule has 0 aliphatic rings. The Bertz CT molecular complexity index is 635. The van der Waals surface area contributed by atoms with Crippen LogP contribution in [0.25, 0.3) is 0 Å². The molecule has 106 valence electrons. The van der Waals surface area contributed by atoms with Gasteiger partial charge in [0.05, 0.1) is 6.04 Å². The Morgan fingerprint density at radius 3 is 2.10 bits per heavy atom. The van der Waals surface area contributed by atoms with Crippen LogP contribution in [0.1, 0.15) is 33.9 Å². The van der Waals surface area contributed by atoms with Gasteiger partial charge in [-0.1, -0.05) is 50.1 Å². The highest BCUT2D eigenvalue weighted by molar-refractivity contribution is 9.11. The summed E-state index contributed by atoms with van der Waals surface area (Å²) < 4.78 is 2.20. The molecule has 0 saturated carbocycles. The summed E-state index contributed by atoms with van der Waals surface area (Å²) in [6.45, 7) is 6.51. The Balaban J connectivity index is 2.55. The molecule has 1 nitrogen and oxygen atoms in total. The Morgan fingerprint density at radius 2 is 1.50 bits per heavy atom. The minimum absolute atomic E-state index is 0.191. The van der Waals surface area contributed by atoms with Crippen molar-refractivity contribution in [2.24, 2.45) is 0 Å². The fourth-order valence-electron chi connectivity index (χ4n) is 2.51. The molecule has 3 heteroatoms. The molecule has 1 unspecified atom stereocenters. The molecule has 0 radical (unpaired) electrons. The van der Waals surface area contributed by atoms with Gasteiger partial charge in [-0.05, 0) is 67.8 Å². The summed E-state index contributed by atoms with van der Waals surface area (Å²) in [6, 6.07) is 11.1. The maximum Gasteiger partial charge on any atom is 0.0588 e. The first-order valence-corrected chi connectivity index (χ1v) is 8.22. The van der Waals surface area contributed by atoms with Crippen molar-refractivity contribution in [2.75, 3.05) is 7.05 Å². The third-order valence-corrected chi connectivity index (χ3v) is 4.94. The maximum atomic E-state index is 3.67. The highest BCUT2D eigenvalue weighted by Gasteiger charge is 2.17. The standard InChI is InChI=1S/C17H19Br2N/c1-10-7-12(3)15(8-11(10)2)17(20-4)14-6-5-13(18)9-16(14)19/h5-9,17,20H,1-4H3. The van der Waals surface area contributed by atoms with E-state index in [1.807, 2.05) is 7.05 Å². The van der Waals surface area contributed by atoms with Gasteiger partial charge in [0.1, 0.15) is 0 Å². The molecule has 0 heterocycles. The van der Waals surface area contributed by atoms with E-state index in [0.29, 0.717) is 0 Å². The van der Waals surface area contributed by atoms with Gasteiger partial charge < -0.3 is 5.32 Å². The van der Waals surface area contributed by atoms with Crippen molar-refractivity contribution in [1.29, 1.82) is 0 Å². The summed E-state index contributed by atoms with van der Waals surface area (Å²) in [5.74, 6) is 0. The van der Waals surface area contributed by atoms with Gasteiger partial charge in [-0.3, -0.25) is 0 Å². The fourth-order valence-corrected chi connectivity index (χ4v) is 3.78. The number of hydrogen-bond donors (Lipinski definition) is 1. The lowest BCUT2D eigenvalue weighted by Crippen LogP contribution is -2.19. The van der Waals surface area contributed by atoms with Crippen molar-refractivity contribution >= 4 is 31.9 Å². The second-order valence-electron chi connectivity index (χ2n) is 5.18. The van der Waals surface area contributed by atoms with E-state index in [-0.39, 0.29) is 6.04 Å². The predicted octanol–water partition coefficient (Wildman–Crippen LogP) is 5.45. The van der Waals surface area contributed by atoms with Gasteiger partial charge in [0.25, 0.3) is 0 Å². The van der Waals surface area contributed by atoms with Gasteiger partial charge in [-0.25, -0.2) is 0 Å². The predicted molar refractivity (Wildman–Crippen MR) is 93.4 cm³/mol. The van der Waals surface area contributed by atoms with Crippen LogP contribution in [0.5, 0.6) is 0 Å². The molecule has 1 N–H and O–H groups in total. The quantitative estimate of drug-likeness (QED) is 0.727. The fraction of sp³-hybridized carbons (Fsp3) is 0.294. The average Bonchev–Trinajstić information content (AvgIpc) is 2.38. The highest BCUT2D eigenvalue weighted by atomic mass is 79.9. The topological polar surface area (TPSA) is 12.0 Å². The summed E-state index contributed by atoms with van der Waals surface area (Å²) in [4.78, 5) is 0. The molecular formula is C17H19Br2N. The third-order valence-electron chi connectivity index (χ3n) is 3.76. The first-order valence-electron chi connectivity index (χ1n) is 6.64. The van der Waals surface area contributed by atoms with Gasteiger partial charge in [0.2, 0.25) is 0 Å². The van der Waals surface area contributed by atoms with Crippen molar-refractivity contribution < 1.29 is 0 Å². The van der Waals surface area contributed by atoms with E-state index < -0.39 is 0 Å². The largest absolute Gasteiger partial charge is 0.309 e. The minimum Gasteiger partial charge on any atom is -0.309 e. The molecule has 0 saturated heterocycles. The van der Waals surface area contributed by atoms with Crippen LogP contribution in [0.3, 0.4) is 0 Å². The molecule has 0 fully saturated rings. The van der Waals surface area contributed by atoms with E-state index >= 15 is 0 Å². The van der Waals surface area contributed by atoms with Crippen molar-refractivity contribution in [3.63, 3.8) is 0 Å². The van der Waals surface area contributed by atoms with E-state index in [1.165, 1.54) is 27.8 Å². The lowest BCUT2D eigenvalue weighted by Gasteiger charge is -2.22. The van der Waals surface area contributed by atoms with Crippen LogP contribution in [0.2, 0.25) is 0 Å². The molecule has 2 aromatic carbocycles. The van der Waals surface area contributed by atoms with Crippen molar-refractivity contribution in [2.45, 2.75) is 26.8 Å². The van der Waals surface area contributed by atoms with E-state index in [9.17, 15) is 0 Å². The SMILES string of the molecule is CNC(c1cc(C)c(C)cc1C)c1ccc(Br)cc1Br. The monoisotopic (exact) mass is 395 g/mol. The summed E-state index contributed by atoms with van der Waals surface area (Å²) in [5, 5.41) is 3.44. The third kappa shape index (κ3) is 3.16. The number of aryl methyl sites for hydroxylation is 3. The van der Waals surface area contributed by atoms with E-state index in [0.717, 1.165) is 8.95 Å². The number of halogens is 2. The van der Waals surface area contributed by atoms with Gasteiger partial charge >= 0.3 is 0 Å². The van der Waals surface area contributed by atoms with Crippen LogP contribution in [-0.4, -0.2) is 7.05 Å². The van der Waals surface area contributed by atoms with Gasteiger partial charge in [0.15, 0.2) is 0 Å². The van der Waals surface area contributed by atoms with E-state index in [1.54, 1.807) is 0 Å². The molecule has 0 aliphatic heterocycles. The molecular weight excluding hydrogens is 378 g/mol. The zero-order valence-corrected chi connectivity index (χ0v) is 15.4. The smallest absolute Gasteiger partial charge is 0.0588 e. The molecule has 0 aromatic heterocycles. The number of nitrogens with one attached hydrogen (secondary N) is 1. The summed E-state index contributed by atoms with van der Waals surface area (Å²) in [7, 11) is 2.01. The normalized spacial score (nSPS) is 12.5. The van der Waals surface area contributed by atoms with Crippen LogP contribution in [-0.2, 0) is 0 Å². The second-order valence-corrected chi connectivity index (χ2v) is 6.95. The van der Waals surface area contributed by atoms with Crippen molar-refractivity contribution in [3.05, 3.63) is 67.1 Å². The summed E-state index contributed by atoms with van der Waals surface area (Å²) >= 11 is 7.18. The second kappa shape index (κ2) is 6.42. The number of benzene rings is 2. The molecule has 0 bridgehead atoms. The summed E-state index contributed by atoms with van der Waals surface area (Å²) in [5.41, 5.74) is 6.58.